The number of piperidine rings is 1. The van der Waals surface area contributed by atoms with Gasteiger partial charge in [-0.25, -0.2) is 9.18 Å². The van der Waals surface area contributed by atoms with Crippen molar-refractivity contribution < 1.29 is 28.6 Å². The molecule has 8 nitrogen and oxygen atoms in total. The normalized spacial score (nSPS) is 14.5. The molecule has 3 amide bonds. The molecule has 0 saturated carbocycles. The van der Waals surface area contributed by atoms with Crippen molar-refractivity contribution in [3.63, 3.8) is 0 Å². The summed E-state index contributed by atoms with van der Waals surface area (Å²) < 4.78 is 25.3. The Morgan fingerprint density at radius 2 is 1.56 bits per heavy atom. The highest BCUT2D eigenvalue weighted by molar-refractivity contribution is 6.33. The molecule has 218 valence electrons. The number of carbonyl (C=O) groups is 2. The number of nitrogens with one attached hydrogen (secondary N) is 1. The summed E-state index contributed by atoms with van der Waals surface area (Å²) in [7, 11) is 0. The van der Waals surface area contributed by atoms with Crippen molar-refractivity contribution >= 4 is 29.2 Å². The second kappa shape index (κ2) is 13.2. The van der Waals surface area contributed by atoms with Crippen LogP contribution in [0.3, 0.4) is 0 Å². The first-order valence-electron chi connectivity index (χ1n) is 13.7. The molecule has 10 heteroatoms. The highest BCUT2D eigenvalue weighted by Crippen LogP contribution is 2.35. The SMILES string of the molecule is CCC(CC)CC1(O)CCN(C(=O)Nc2cc(Oc3ccc(F)cc3)cc(Oc3ccc(C(N)=O)c(Cl)c3)c2)CC1. The van der Waals surface area contributed by atoms with Gasteiger partial charge in [0.15, 0.2) is 0 Å². The van der Waals surface area contributed by atoms with Crippen molar-refractivity contribution in [1.29, 1.82) is 0 Å². The number of hydrogen-bond acceptors (Lipinski definition) is 5. The van der Waals surface area contributed by atoms with E-state index in [0.717, 1.165) is 19.3 Å². The number of hydrogen-bond donors (Lipinski definition) is 3. The Bertz CT molecular complexity index is 1370. The van der Waals surface area contributed by atoms with Crippen LogP contribution in [0.1, 0.15) is 56.3 Å². The van der Waals surface area contributed by atoms with Crippen LogP contribution < -0.4 is 20.5 Å². The van der Waals surface area contributed by atoms with E-state index < -0.39 is 17.3 Å². The molecule has 4 N–H and O–H groups in total. The predicted molar refractivity (Wildman–Crippen MR) is 156 cm³/mol. The van der Waals surface area contributed by atoms with Crippen LogP contribution >= 0.6 is 11.6 Å². The first kappa shape index (κ1) is 30.1. The Morgan fingerprint density at radius 3 is 2.12 bits per heavy atom. The number of rotatable bonds is 10. The van der Waals surface area contributed by atoms with Gasteiger partial charge >= 0.3 is 6.03 Å². The topological polar surface area (TPSA) is 114 Å². The van der Waals surface area contributed by atoms with Crippen LogP contribution in [0.25, 0.3) is 0 Å². The lowest BCUT2D eigenvalue weighted by Gasteiger charge is -2.39. The Kier molecular flexibility index (Phi) is 9.73. The summed E-state index contributed by atoms with van der Waals surface area (Å²) in [4.78, 5) is 26.4. The Balaban J connectivity index is 1.51. The van der Waals surface area contributed by atoms with E-state index >= 15 is 0 Å². The van der Waals surface area contributed by atoms with Crippen LogP contribution in [0, 0.1) is 11.7 Å². The average molecular weight is 584 g/mol. The summed E-state index contributed by atoms with van der Waals surface area (Å²) in [6.45, 7) is 5.14. The maximum Gasteiger partial charge on any atom is 0.321 e. The summed E-state index contributed by atoms with van der Waals surface area (Å²) in [6, 6.07) is 14.5. The molecule has 0 radical (unpaired) electrons. The highest BCUT2D eigenvalue weighted by atomic mass is 35.5. The fourth-order valence-electron chi connectivity index (χ4n) is 4.94. The number of ether oxygens (including phenoxy) is 2. The van der Waals surface area contributed by atoms with Gasteiger partial charge in [-0.3, -0.25) is 4.79 Å². The number of nitrogens with zero attached hydrogens (tertiary/aromatic N) is 1. The van der Waals surface area contributed by atoms with Gasteiger partial charge in [0.25, 0.3) is 0 Å². The van der Waals surface area contributed by atoms with Crippen molar-refractivity contribution in [2.75, 3.05) is 18.4 Å². The fraction of sp³-hybridized carbons (Fsp3) is 0.355. The number of urea groups is 1. The van der Waals surface area contributed by atoms with Crippen molar-refractivity contribution in [2.45, 2.75) is 51.6 Å². The largest absolute Gasteiger partial charge is 0.457 e. The molecular weight excluding hydrogens is 549 g/mol. The fourth-order valence-corrected chi connectivity index (χ4v) is 5.21. The summed E-state index contributed by atoms with van der Waals surface area (Å²) in [5.74, 6) is 0.791. The molecule has 3 aromatic rings. The minimum absolute atomic E-state index is 0.136. The van der Waals surface area contributed by atoms with Gasteiger partial charge < -0.3 is 30.5 Å². The van der Waals surface area contributed by atoms with Gasteiger partial charge in [0, 0.05) is 43.0 Å². The summed E-state index contributed by atoms with van der Waals surface area (Å²) in [5.41, 5.74) is 5.14. The van der Waals surface area contributed by atoms with Gasteiger partial charge in [0.1, 0.15) is 28.8 Å². The molecule has 1 heterocycles. The number of carbonyl (C=O) groups excluding carboxylic acids is 2. The lowest BCUT2D eigenvalue weighted by molar-refractivity contribution is -0.0309. The van der Waals surface area contributed by atoms with Crippen molar-refractivity contribution in [3.05, 3.63) is 77.1 Å². The Morgan fingerprint density at radius 1 is 0.976 bits per heavy atom. The third kappa shape index (κ3) is 8.11. The third-order valence-corrected chi connectivity index (χ3v) is 7.74. The molecule has 0 aliphatic carbocycles. The molecule has 0 bridgehead atoms. The van der Waals surface area contributed by atoms with Crippen molar-refractivity contribution in [2.24, 2.45) is 11.7 Å². The molecular formula is C31H35ClFN3O5. The molecule has 4 rings (SSSR count). The van der Waals surface area contributed by atoms with E-state index in [4.69, 9.17) is 26.8 Å². The number of aliphatic hydroxyl groups is 1. The van der Waals surface area contributed by atoms with E-state index in [2.05, 4.69) is 19.2 Å². The summed E-state index contributed by atoms with van der Waals surface area (Å²) in [5, 5.41) is 14.1. The van der Waals surface area contributed by atoms with Crippen LogP contribution in [0.5, 0.6) is 23.0 Å². The van der Waals surface area contributed by atoms with Crippen LogP contribution in [0.15, 0.2) is 60.7 Å². The molecule has 1 fully saturated rings. The van der Waals surface area contributed by atoms with E-state index in [1.165, 1.54) is 36.4 Å². The van der Waals surface area contributed by atoms with Crippen LogP contribution in [-0.2, 0) is 0 Å². The smallest absolute Gasteiger partial charge is 0.321 e. The van der Waals surface area contributed by atoms with E-state index in [-0.39, 0.29) is 16.6 Å². The summed E-state index contributed by atoms with van der Waals surface area (Å²) in [6.07, 6.45) is 3.81. The minimum Gasteiger partial charge on any atom is -0.457 e. The lowest BCUT2D eigenvalue weighted by Crippen LogP contribution is -2.48. The first-order chi connectivity index (χ1) is 19.6. The minimum atomic E-state index is -0.761. The second-order valence-electron chi connectivity index (χ2n) is 10.4. The van der Waals surface area contributed by atoms with Gasteiger partial charge in [0.05, 0.1) is 16.2 Å². The number of likely N-dealkylation sites (tertiary alicyclic amines) is 1. The third-order valence-electron chi connectivity index (χ3n) is 7.43. The zero-order valence-electron chi connectivity index (χ0n) is 23.2. The molecule has 1 aliphatic rings. The zero-order chi connectivity index (χ0) is 29.6. The molecule has 0 atom stereocenters. The van der Waals surface area contributed by atoms with Gasteiger partial charge in [-0.1, -0.05) is 38.3 Å². The molecule has 0 aromatic heterocycles. The highest BCUT2D eigenvalue weighted by Gasteiger charge is 2.35. The number of primary amides is 1. The van der Waals surface area contributed by atoms with Crippen LogP contribution in [0.4, 0.5) is 14.9 Å². The number of benzene rings is 3. The summed E-state index contributed by atoms with van der Waals surface area (Å²) >= 11 is 6.18. The van der Waals surface area contributed by atoms with E-state index in [0.29, 0.717) is 60.5 Å². The van der Waals surface area contributed by atoms with Gasteiger partial charge in [-0.2, -0.15) is 0 Å². The second-order valence-corrected chi connectivity index (χ2v) is 10.8. The maximum absolute atomic E-state index is 13.4. The molecule has 0 spiro atoms. The first-order valence-corrected chi connectivity index (χ1v) is 14.1. The standard InChI is InChI=1S/C31H35ClFN3O5/c1-3-20(4-2)19-31(39)11-13-36(14-12-31)30(38)35-22-15-25(40-23-7-5-21(33)6-8-23)17-26(16-22)41-24-9-10-27(29(34)37)28(32)18-24/h5-10,15-18,20,39H,3-4,11-14,19H2,1-2H3,(H2,34,37)(H,35,38). The van der Waals surface area contributed by atoms with Gasteiger partial charge in [-0.15, -0.1) is 0 Å². The molecule has 0 unspecified atom stereocenters. The quantitative estimate of drug-likeness (QED) is 0.231. The molecule has 1 aliphatic heterocycles. The van der Waals surface area contributed by atoms with Crippen LogP contribution in [-0.4, -0.2) is 40.6 Å². The van der Waals surface area contributed by atoms with Gasteiger partial charge in [0.2, 0.25) is 5.91 Å². The number of nitrogens with two attached hydrogens (primary N) is 1. The molecule has 41 heavy (non-hydrogen) atoms. The van der Waals surface area contributed by atoms with Crippen molar-refractivity contribution in [1.82, 2.24) is 4.90 Å². The molecule has 3 aromatic carbocycles. The Hall–Kier alpha value is -3.82. The maximum atomic E-state index is 13.4. The van der Waals surface area contributed by atoms with Gasteiger partial charge in [-0.05, 0) is 61.6 Å². The number of amides is 3. The number of anilines is 1. The van der Waals surface area contributed by atoms with Crippen molar-refractivity contribution in [3.8, 4) is 23.0 Å². The number of halogens is 2. The van der Waals surface area contributed by atoms with Crippen LogP contribution in [0.2, 0.25) is 5.02 Å². The lowest BCUT2D eigenvalue weighted by atomic mass is 9.81. The average Bonchev–Trinajstić information content (AvgIpc) is 2.93. The van der Waals surface area contributed by atoms with E-state index in [1.807, 2.05) is 0 Å². The van der Waals surface area contributed by atoms with E-state index in [9.17, 15) is 19.1 Å². The Labute approximate surface area is 244 Å². The van der Waals surface area contributed by atoms with E-state index in [1.54, 1.807) is 29.2 Å². The zero-order valence-corrected chi connectivity index (χ0v) is 23.9. The monoisotopic (exact) mass is 583 g/mol. The molecule has 1 saturated heterocycles. The predicted octanol–water partition coefficient (Wildman–Crippen LogP) is 7.35.